The number of Topliss-reactive ketones (excluding diaryl/α,β-unsaturated/α-hetero) is 1. The molecule has 0 atom stereocenters. The Bertz CT molecular complexity index is 269. The lowest BCUT2D eigenvalue weighted by atomic mass is 9.90. The van der Waals surface area contributed by atoms with Gasteiger partial charge >= 0.3 is 0 Å². The van der Waals surface area contributed by atoms with Crippen molar-refractivity contribution in [3.05, 3.63) is 0 Å². The van der Waals surface area contributed by atoms with Crippen molar-refractivity contribution in [2.75, 3.05) is 0 Å². The number of unbranched alkanes of at least 4 members (excludes halogenated alkanes) is 9. The number of ketones is 1. The Morgan fingerprint density at radius 2 is 1.33 bits per heavy atom. The minimum Gasteiger partial charge on any atom is -0.325 e. The zero-order valence-corrected chi connectivity index (χ0v) is 14.3. The number of hydrogen-bond acceptors (Lipinski definition) is 2. The van der Waals surface area contributed by atoms with Crippen LogP contribution in [0, 0.1) is 0 Å². The summed E-state index contributed by atoms with van der Waals surface area (Å²) >= 11 is 0. The largest absolute Gasteiger partial charge is 0.325 e. The molecule has 0 aromatic carbocycles. The summed E-state index contributed by atoms with van der Waals surface area (Å²) in [7, 11) is 0. The molecule has 21 heavy (non-hydrogen) atoms. The lowest BCUT2D eigenvalue weighted by Gasteiger charge is -2.22. The second-order valence-corrected chi connectivity index (χ2v) is 7.22. The van der Waals surface area contributed by atoms with Crippen LogP contribution < -0.4 is 5.73 Å². The first kappa shape index (κ1) is 18.7. The van der Waals surface area contributed by atoms with Crippen molar-refractivity contribution in [2.45, 2.75) is 115 Å². The van der Waals surface area contributed by atoms with Crippen molar-refractivity contribution in [3.63, 3.8) is 0 Å². The minimum absolute atomic E-state index is 0.143. The van der Waals surface area contributed by atoms with Gasteiger partial charge in [0, 0.05) is 18.4 Å². The van der Waals surface area contributed by atoms with Crippen molar-refractivity contribution in [1.82, 2.24) is 0 Å². The van der Waals surface area contributed by atoms with E-state index in [9.17, 15) is 4.79 Å². The predicted molar refractivity (Wildman–Crippen MR) is 91.5 cm³/mol. The van der Waals surface area contributed by atoms with Gasteiger partial charge in [-0.15, -0.1) is 0 Å². The summed E-state index contributed by atoms with van der Waals surface area (Å²) in [6.07, 6.45) is 19.2. The highest BCUT2D eigenvalue weighted by Gasteiger charge is 2.31. The first-order valence-electron chi connectivity index (χ1n) is 9.47. The Hall–Kier alpha value is -0.370. The standard InChI is InChI=1S/C19H37NO/c1-2-3-4-5-6-7-8-9-10-11-14-18(21)17-19(20)15-12-13-16-19/h2-17,20H2,1H3. The third kappa shape index (κ3) is 9.29. The van der Waals surface area contributed by atoms with E-state index in [1.807, 2.05) is 0 Å². The van der Waals surface area contributed by atoms with Crippen LogP contribution in [0.15, 0.2) is 0 Å². The fraction of sp³-hybridized carbons (Fsp3) is 0.947. The van der Waals surface area contributed by atoms with Gasteiger partial charge in [-0.1, -0.05) is 77.6 Å². The average molecular weight is 296 g/mol. The van der Waals surface area contributed by atoms with Crippen LogP contribution in [0.25, 0.3) is 0 Å². The summed E-state index contributed by atoms with van der Waals surface area (Å²) in [5.41, 5.74) is 6.12. The fourth-order valence-corrected chi connectivity index (χ4v) is 3.55. The highest BCUT2D eigenvalue weighted by molar-refractivity contribution is 5.79. The molecule has 2 nitrogen and oxygen atoms in total. The molecule has 0 amide bonds. The van der Waals surface area contributed by atoms with E-state index in [0.29, 0.717) is 12.2 Å². The second-order valence-electron chi connectivity index (χ2n) is 7.22. The van der Waals surface area contributed by atoms with Crippen LogP contribution in [-0.4, -0.2) is 11.3 Å². The molecule has 1 aliphatic carbocycles. The first-order chi connectivity index (χ1) is 10.2. The molecule has 124 valence electrons. The molecular formula is C19H37NO. The van der Waals surface area contributed by atoms with Gasteiger partial charge in [0.1, 0.15) is 5.78 Å². The number of hydrogen-bond donors (Lipinski definition) is 1. The van der Waals surface area contributed by atoms with Gasteiger partial charge in [-0.2, -0.15) is 0 Å². The topological polar surface area (TPSA) is 43.1 Å². The molecule has 0 aromatic rings. The Balaban J connectivity index is 1.86. The Labute approximate surface area is 132 Å². The third-order valence-corrected chi connectivity index (χ3v) is 4.96. The van der Waals surface area contributed by atoms with Gasteiger partial charge in [-0.25, -0.2) is 0 Å². The summed E-state index contributed by atoms with van der Waals surface area (Å²) in [4.78, 5) is 12.0. The molecule has 0 radical (unpaired) electrons. The van der Waals surface area contributed by atoms with Crippen LogP contribution >= 0.6 is 0 Å². The first-order valence-corrected chi connectivity index (χ1v) is 9.47. The van der Waals surface area contributed by atoms with Crippen LogP contribution in [0.2, 0.25) is 0 Å². The van der Waals surface area contributed by atoms with E-state index in [-0.39, 0.29) is 5.54 Å². The highest BCUT2D eigenvalue weighted by atomic mass is 16.1. The molecule has 0 spiro atoms. The summed E-state index contributed by atoms with van der Waals surface area (Å²) in [6.45, 7) is 2.26. The molecular weight excluding hydrogens is 258 g/mol. The lowest BCUT2D eigenvalue weighted by molar-refractivity contribution is -0.120. The summed E-state index contributed by atoms with van der Waals surface area (Å²) in [5, 5.41) is 0. The van der Waals surface area contributed by atoms with Gasteiger partial charge in [0.05, 0.1) is 0 Å². The van der Waals surface area contributed by atoms with E-state index in [1.165, 1.54) is 70.6 Å². The Morgan fingerprint density at radius 3 is 1.86 bits per heavy atom. The van der Waals surface area contributed by atoms with Crippen molar-refractivity contribution >= 4 is 5.78 Å². The SMILES string of the molecule is CCCCCCCCCCCCC(=O)CC1(N)CCCC1. The Morgan fingerprint density at radius 1 is 0.857 bits per heavy atom. The number of rotatable bonds is 13. The molecule has 1 aliphatic rings. The summed E-state index contributed by atoms with van der Waals surface area (Å²) in [5.74, 6) is 0.402. The van der Waals surface area contributed by atoms with Crippen LogP contribution in [0.4, 0.5) is 0 Å². The molecule has 0 unspecified atom stereocenters. The molecule has 0 bridgehead atoms. The monoisotopic (exact) mass is 295 g/mol. The third-order valence-electron chi connectivity index (χ3n) is 4.96. The molecule has 2 N–H and O–H groups in total. The maximum absolute atomic E-state index is 12.0. The maximum atomic E-state index is 12.0. The molecule has 0 saturated heterocycles. The molecule has 0 heterocycles. The van der Waals surface area contributed by atoms with E-state index in [4.69, 9.17) is 5.73 Å². The molecule has 0 aromatic heterocycles. The minimum atomic E-state index is -0.143. The van der Waals surface area contributed by atoms with Crippen molar-refractivity contribution in [3.8, 4) is 0 Å². The maximum Gasteiger partial charge on any atom is 0.134 e. The van der Waals surface area contributed by atoms with Gasteiger partial charge in [0.15, 0.2) is 0 Å². The molecule has 1 saturated carbocycles. The average Bonchev–Trinajstić information content (AvgIpc) is 2.87. The van der Waals surface area contributed by atoms with Crippen LogP contribution in [-0.2, 0) is 4.79 Å². The quantitative estimate of drug-likeness (QED) is 0.454. The van der Waals surface area contributed by atoms with E-state index < -0.39 is 0 Å². The molecule has 0 aliphatic heterocycles. The van der Waals surface area contributed by atoms with E-state index in [1.54, 1.807) is 0 Å². The van der Waals surface area contributed by atoms with Crippen LogP contribution in [0.5, 0.6) is 0 Å². The normalized spacial score (nSPS) is 17.2. The lowest BCUT2D eigenvalue weighted by Crippen LogP contribution is -2.38. The molecule has 1 fully saturated rings. The van der Waals surface area contributed by atoms with Crippen LogP contribution in [0.1, 0.15) is 110 Å². The van der Waals surface area contributed by atoms with Gasteiger partial charge in [0.25, 0.3) is 0 Å². The zero-order valence-electron chi connectivity index (χ0n) is 14.3. The van der Waals surface area contributed by atoms with Gasteiger partial charge < -0.3 is 5.73 Å². The molecule has 2 heteroatoms. The fourth-order valence-electron chi connectivity index (χ4n) is 3.55. The second kappa shape index (κ2) is 11.2. The van der Waals surface area contributed by atoms with Crippen molar-refractivity contribution < 1.29 is 4.79 Å². The van der Waals surface area contributed by atoms with E-state index >= 15 is 0 Å². The smallest absolute Gasteiger partial charge is 0.134 e. The van der Waals surface area contributed by atoms with Gasteiger partial charge in [0.2, 0.25) is 0 Å². The Kier molecular flexibility index (Phi) is 9.99. The van der Waals surface area contributed by atoms with Gasteiger partial charge in [-0.05, 0) is 19.3 Å². The van der Waals surface area contributed by atoms with Crippen molar-refractivity contribution in [1.29, 1.82) is 0 Å². The highest BCUT2D eigenvalue weighted by Crippen LogP contribution is 2.30. The summed E-state index contributed by atoms with van der Waals surface area (Å²) < 4.78 is 0. The van der Waals surface area contributed by atoms with E-state index in [2.05, 4.69) is 6.92 Å². The van der Waals surface area contributed by atoms with Crippen molar-refractivity contribution in [2.24, 2.45) is 5.73 Å². The number of carbonyl (C=O) groups excluding carboxylic acids is 1. The zero-order chi connectivity index (χ0) is 15.4. The van der Waals surface area contributed by atoms with Gasteiger partial charge in [-0.3, -0.25) is 4.79 Å². The van der Waals surface area contributed by atoms with Crippen LogP contribution in [0.3, 0.4) is 0 Å². The predicted octanol–water partition coefficient (Wildman–Crippen LogP) is 5.53. The number of carbonyl (C=O) groups is 1. The summed E-state index contributed by atoms with van der Waals surface area (Å²) in [6, 6.07) is 0. The van der Waals surface area contributed by atoms with E-state index in [0.717, 1.165) is 25.7 Å². The molecule has 1 rings (SSSR count). The number of nitrogens with two attached hydrogens (primary N) is 1.